The van der Waals surface area contributed by atoms with Crippen LogP contribution in [0.4, 0.5) is 8.78 Å². The van der Waals surface area contributed by atoms with Crippen LogP contribution in [0.2, 0.25) is 0 Å². The molecule has 1 aromatic carbocycles. The Bertz CT molecular complexity index is 473. The van der Waals surface area contributed by atoms with Crippen LogP contribution in [0.1, 0.15) is 0 Å². The first-order valence-corrected chi connectivity index (χ1v) is 4.24. The van der Waals surface area contributed by atoms with Crippen LogP contribution in [-0.2, 0) is 0 Å². The number of aromatic nitrogens is 2. The fraction of sp³-hybridized carbons (Fsp3) is 0. The molecule has 1 aromatic heterocycles. The molecule has 2 rings (SSSR count). The Hall–Kier alpha value is -1.10. The minimum atomic E-state index is -0.573. The molecule has 0 aliphatic heterocycles. The van der Waals surface area contributed by atoms with Gasteiger partial charge in [0.25, 0.3) is 0 Å². The molecule has 0 atom stereocenters. The van der Waals surface area contributed by atoms with Gasteiger partial charge in [0.05, 0.1) is 16.2 Å². The Balaban J connectivity index is 2.89. The molecule has 0 saturated carbocycles. The maximum Gasteiger partial charge on any atom is 0.152 e. The molecule has 13 heavy (non-hydrogen) atoms. The van der Waals surface area contributed by atoms with E-state index in [1.807, 2.05) is 0 Å². The smallest absolute Gasteiger partial charge is 0.152 e. The Kier molecular flexibility index (Phi) is 1.95. The van der Waals surface area contributed by atoms with Gasteiger partial charge >= 0.3 is 0 Å². The van der Waals surface area contributed by atoms with Gasteiger partial charge in [-0.2, -0.15) is 10.2 Å². The van der Waals surface area contributed by atoms with E-state index in [9.17, 15) is 8.78 Å². The third kappa shape index (κ3) is 1.39. The van der Waals surface area contributed by atoms with Gasteiger partial charge in [0.15, 0.2) is 5.82 Å². The van der Waals surface area contributed by atoms with Crippen LogP contribution in [-0.4, -0.2) is 10.2 Å². The molecule has 0 N–H and O–H groups in total. The average molecular weight is 245 g/mol. The highest BCUT2D eigenvalue weighted by Gasteiger charge is 2.06. The summed E-state index contributed by atoms with van der Waals surface area (Å²) in [6.45, 7) is 0. The second-order valence-corrected chi connectivity index (χ2v) is 3.33. The molecule has 1 heterocycles. The van der Waals surface area contributed by atoms with Gasteiger partial charge in [-0.3, -0.25) is 0 Å². The van der Waals surface area contributed by atoms with Crippen molar-refractivity contribution < 1.29 is 8.78 Å². The van der Waals surface area contributed by atoms with E-state index in [1.54, 1.807) is 0 Å². The van der Waals surface area contributed by atoms with E-state index in [0.717, 1.165) is 12.3 Å². The van der Waals surface area contributed by atoms with E-state index in [-0.39, 0.29) is 9.86 Å². The monoisotopic (exact) mass is 244 g/mol. The van der Waals surface area contributed by atoms with Gasteiger partial charge in [-0.25, -0.2) is 8.78 Å². The van der Waals surface area contributed by atoms with E-state index in [2.05, 4.69) is 26.1 Å². The summed E-state index contributed by atoms with van der Waals surface area (Å²) in [6.07, 6.45) is 0.954. The highest BCUT2D eigenvalue weighted by atomic mass is 79.9. The predicted molar refractivity (Wildman–Crippen MR) is 47.2 cm³/mol. The number of fused-ring (bicyclic) bond motifs is 1. The van der Waals surface area contributed by atoms with Gasteiger partial charge in [0.1, 0.15) is 5.82 Å². The highest BCUT2D eigenvalue weighted by molar-refractivity contribution is 9.10. The molecular weight excluding hydrogens is 242 g/mol. The number of nitrogens with zero attached hydrogens (tertiary/aromatic N) is 2. The topological polar surface area (TPSA) is 25.8 Å². The molecule has 5 heteroatoms. The summed E-state index contributed by atoms with van der Waals surface area (Å²) < 4.78 is 26.2. The highest BCUT2D eigenvalue weighted by Crippen LogP contribution is 2.22. The SMILES string of the molecule is Fc1cc2c(F)cnnc2cc1Br. The van der Waals surface area contributed by atoms with E-state index < -0.39 is 11.6 Å². The van der Waals surface area contributed by atoms with Crippen molar-refractivity contribution in [1.82, 2.24) is 10.2 Å². The lowest BCUT2D eigenvalue weighted by Gasteiger charge is -1.98. The number of halogens is 3. The number of rotatable bonds is 0. The van der Waals surface area contributed by atoms with Crippen LogP contribution < -0.4 is 0 Å². The van der Waals surface area contributed by atoms with Crippen molar-refractivity contribution in [2.24, 2.45) is 0 Å². The van der Waals surface area contributed by atoms with Crippen molar-refractivity contribution in [3.63, 3.8) is 0 Å². The number of hydrogen-bond donors (Lipinski definition) is 0. The third-order valence-electron chi connectivity index (χ3n) is 1.63. The molecule has 0 spiro atoms. The molecule has 0 fully saturated rings. The molecule has 0 bridgehead atoms. The molecular formula is C8H3BrF2N2. The zero-order chi connectivity index (χ0) is 9.42. The summed E-state index contributed by atoms with van der Waals surface area (Å²) in [6, 6.07) is 2.48. The van der Waals surface area contributed by atoms with Gasteiger partial charge < -0.3 is 0 Å². The summed E-state index contributed by atoms with van der Waals surface area (Å²) in [5.74, 6) is -1.09. The molecule has 0 saturated heterocycles. The molecule has 0 aliphatic carbocycles. The fourth-order valence-corrected chi connectivity index (χ4v) is 1.35. The van der Waals surface area contributed by atoms with E-state index >= 15 is 0 Å². The number of hydrogen-bond acceptors (Lipinski definition) is 2. The maximum absolute atomic E-state index is 13.0. The minimum Gasteiger partial charge on any atom is -0.206 e. The molecule has 0 unspecified atom stereocenters. The quantitative estimate of drug-likeness (QED) is 0.713. The van der Waals surface area contributed by atoms with Crippen molar-refractivity contribution in [2.45, 2.75) is 0 Å². The minimum absolute atomic E-state index is 0.135. The largest absolute Gasteiger partial charge is 0.206 e. The Morgan fingerprint density at radius 2 is 1.92 bits per heavy atom. The molecule has 0 amide bonds. The van der Waals surface area contributed by atoms with Gasteiger partial charge in [0, 0.05) is 5.39 Å². The summed E-state index contributed by atoms with van der Waals surface area (Å²) in [7, 11) is 0. The zero-order valence-corrected chi connectivity index (χ0v) is 7.85. The maximum atomic E-state index is 13.0. The van der Waals surface area contributed by atoms with Gasteiger partial charge in [0.2, 0.25) is 0 Å². The lowest BCUT2D eigenvalue weighted by Crippen LogP contribution is -1.89. The van der Waals surface area contributed by atoms with Crippen molar-refractivity contribution in [3.05, 3.63) is 34.4 Å². The average Bonchev–Trinajstić information content (AvgIpc) is 2.09. The first kappa shape index (κ1) is 8.50. The summed E-state index contributed by atoms with van der Waals surface area (Å²) in [5.41, 5.74) is 0.327. The van der Waals surface area contributed by atoms with Gasteiger partial charge in [-0.15, -0.1) is 0 Å². The Morgan fingerprint density at radius 1 is 1.15 bits per heavy atom. The number of benzene rings is 1. The molecule has 0 aliphatic rings. The first-order chi connectivity index (χ1) is 6.18. The lowest BCUT2D eigenvalue weighted by molar-refractivity contribution is 0.612. The van der Waals surface area contributed by atoms with Crippen LogP contribution in [0.3, 0.4) is 0 Å². The van der Waals surface area contributed by atoms with E-state index in [1.165, 1.54) is 6.07 Å². The van der Waals surface area contributed by atoms with E-state index in [0.29, 0.717) is 5.52 Å². The van der Waals surface area contributed by atoms with Crippen LogP contribution in [0.5, 0.6) is 0 Å². The first-order valence-electron chi connectivity index (χ1n) is 3.44. The zero-order valence-electron chi connectivity index (χ0n) is 6.26. The van der Waals surface area contributed by atoms with Crippen molar-refractivity contribution in [3.8, 4) is 0 Å². The van der Waals surface area contributed by atoms with E-state index in [4.69, 9.17) is 0 Å². The van der Waals surface area contributed by atoms with Crippen LogP contribution in [0, 0.1) is 11.6 Å². The summed E-state index contributed by atoms with van der Waals surface area (Å²) in [5, 5.41) is 7.21. The van der Waals surface area contributed by atoms with Crippen molar-refractivity contribution in [1.29, 1.82) is 0 Å². The Morgan fingerprint density at radius 3 is 2.69 bits per heavy atom. The summed E-state index contributed by atoms with van der Waals surface area (Å²) in [4.78, 5) is 0. The van der Waals surface area contributed by atoms with Gasteiger partial charge in [-0.05, 0) is 28.1 Å². The predicted octanol–water partition coefficient (Wildman–Crippen LogP) is 2.67. The van der Waals surface area contributed by atoms with Crippen LogP contribution in [0.25, 0.3) is 10.9 Å². The molecule has 2 nitrogen and oxygen atoms in total. The van der Waals surface area contributed by atoms with Crippen molar-refractivity contribution in [2.75, 3.05) is 0 Å². The summed E-state index contributed by atoms with van der Waals surface area (Å²) >= 11 is 2.98. The third-order valence-corrected chi connectivity index (χ3v) is 2.24. The van der Waals surface area contributed by atoms with Crippen LogP contribution in [0.15, 0.2) is 22.8 Å². The molecule has 66 valence electrons. The fourth-order valence-electron chi connectivity index (χ4n) is 1.02. The van der Waals surface area contributed by atoms with Crippen molar-refractivity contribution >= 4 is 26.8 Å². The molecule has 0 radical (unpaired) electrons. The van der Waals surface area contributed by atoms with Crippen LogP contribution >= 0.6 is 15.9 Å². The van der Waals surface area contributed by atoms with Gasteiger partial charge in [-0.1, -0.05) is 0 Å². The second kappa shape index (κ2) is 2.99. The standard InChI is InChI=1S/C8H3BrF2N2/c9-5-2-8-4(1-6(5)10)7(11)3-12-13-8/h1-3H. The normalized spacial score (nSPS) is 10.7. The second-order valence-electron chi connectivity index (χ2n) is 2.48. The molecule has 2 aromatic rings. The lowest BCUT2D eigenvalue weighted by atomic mass is 10.2. The Labute approximate surface area is 80.7 Å².